The van der Waals surface area contributed by atoms with Crippen LogP contribution in [0.1, 0.15) is 6.92 Å². The molecule has 2 heteroatoms. The normalized spacial score (nSPS) is 11.3. The predicted octanol–water partition coefficient (Wildman–Crippen LogP) is 0.718. The lowest BCUT2D eigenvalue weighted by Crippen LogP contribution is -1.79. The molecule has 0 aromatic heterocycles. The second-order valence-electron chi connectivity index (χ2n) is 1.19. The summed E-state index contributed by atoms with van der Waals surface area (Å²) in [5, 5.41) is 0. The minimum Gasteiger partial charge on any atom is -0.298 e. The van der Waals surface area contributed by atoms with Crippen LogP contribution in [0.15, 0.2) is 11.6 Å². The Balaban J connectivity index is 3.60. The van der Waals surface area contributed by atoms with Gasteiger partial charge < -0.3 is 0 Å². The summed E-state index contributed by atoms with van der Waals surface area (Å²) in [4.78, 5) is 9.82. The molecule has 0 saturated carbocycles. The van der Waals surface area contributed by atoms with Crippen LogP contribution in [-0.4, -0.2) is 14.1 Å². The quantitative estimate of drug-likeness (QED) is 0.280. The van der Waals surface area contributed by atoms with Crippen molar-refractivity contribution in [3.63, 3.8) is 0 Å². The van der Waals surface area contributed by atoms with Crippen molar-refractivity contribution in [2.24, 2.45) is 0 Å². The van der Waals surface area contributed by atoms with E-state index in [9.17, 15) is 4.79 Å². The molecule has 7 heavy (non-hydrogen) atoms. The van der Waals surface area contributed by atoms with Gasteiger partial charge in [0.2, 0.25) is 0 Å². The van der Waals surface area contributed by atoms with Crippen molar-refractivity contribution in [3.8, 4) is 0 Å². The zero-order chi connectivity index (χ0) is 5.70. The van der Waals surface area contributed by atoms with Gasteiger partial charge in [-0.05, 0) is 12.5 Å². The Bertz CT molecular complexity index is 86.1. The molecule has 36 valence electrons. The highest BCUT2D eigenvalue weighted by atomic mass is 16.1. The van der Waals surface area contributed by atoms with Crippen LogP contribution in [-0.2, 0) is 4.79 Å². The van der Waals surface area contributed by atoms with Gasteiger partial charge >= 0.3 is 0 Å². The first-order chi connectivity index (χ1) is 3.35. The van der Waals surface area contributed by atoms with E-state index in [1.807, 2.05) is 0 Å². The van der Waals surface area contributed by atoms with Crippen molar-refractivity contribution in [2.75, 3.05) is 0 Å². The van der Waals surface area contributed by atoms with Gasteiger partial charge in [-0.25, -0.2) is 0 Å². The number of hydrogen-bond acceptors (Lipinski definition) is 1. The van der Waals surface area contributed by atoms with Crippen LogP contribution in [0.3, 0.4) is 0 Å². The molecule has 0 spiro atoms. The molecular formula is C5H7BO. The summed E-state index contributed by atoms with van der Waals surface area (Å²) < 4.78 is 0. The number of carbonyl (C=O) groups excluding carboxylic acids is 1. The molecule has 0 atom stereocenters. The second-order valence-corrected chi connectivity index (χ2v) is 1.19. The summed E-state index contributed by atoms with van der Waals surface area (Å²) in [6, 6.07) is 0. The van der Waals surface area contributed by atoms with Crippen LogP contribution in [0, 0.1) is 0 Å². The van der Waals surface area contributed by atoms with Gasteiger partial charge in [0.15, 0.2) is 0 Å². The molecule has 0 heterocycles. The average molecular weight is 93.9 g/mol. The van der Waals surface area contributed by atoms with Crippen molar-refractivity contribution in [3.05, 3.63) is 11.6 Å². The molecule has 0 bridgehead atoms. The highest BCUT2D eigenvalue weighted by Crippen LogP contribution is 1.90. The zero-order valence-electron chi connectivity index (χ0n) is 4.35. The predicted molar refractivity (Wildman–Crippen MR) is 30.4 cm³/mol. The summed E-state index contributed by atoms with van der Waals surface area (Å²) >= 11 is 0. The maximum atomic E-state index is 9.82. The summed E-state index contributed by atoms with van der Waals surface area (Å²) in [5.41, 5.74) is 0.653. The van der Waals surface area contributed by atoms with Gasteiger partial charge in [0.1, 0.15) is 6.29 Å². The van der Waals surface area contributed by atoms with E-state index in [4.69, 9.17) is 7.85 Å². The maximum absolute atomic E-state index is 9.82. The Hall–Kier alpha value is -0.525. The largest absolute Gasteiger partial charge is 0.298 e. The summed E-state index contributed by atoms with van der Waals surface area (Å²) in [5.74, 6) is 0. The Morgan fingerprint density at radius 3 is 2.43 bits per heavy atom. The van der Waals surface area contributed by atoms with E-state index < -0.39 is 0 Å². The first-order valence-corrected chi connectivity index (χ1v) is 2.15. The molecular weight excluding hydrogens is 86.9 g/mol. The van der Waals surface area contributed by atoms with E-state index in [-0.39, 0.29) is 0 Å². The second kappa shape index (κ2) is 3.66. The third kappa shape index (κ3) is 2.21. The fourth-order valence-electron chi connectivity index (χ4n) is 0.234. The summed E-state index contributed by atoms with van der Waals surface area (Å²) in [7, 11) is 5.09. The molecule has 1 nitrogen and oxygen atoms in total. The molecule has 0 N–H and O–H groups in total. The Morgan fingerprint density at radius 1 is 1.86 bits per heavy atom. The van der Waals surface area contributed by atoms with Gasteiger partial charge in [-0.3, -0.25) is 4.79 Å². The standard InChI is InChI=1S/C5H7BO/c1-2-5(3-6)4-7/h2,4H,3H2,1H3/b5-2+. The lowest BCUT2D eigenvalue weighted by Gasteiger charge is -1.84. The van der Waals surface area contributed by atoms with E-state index in [0.717, 1.165) is 6.29 Å². The molecule has 0 unspecified atom stereocenters. The van der Waals surface area contributed by atoms with Crippen molar-refractivity contribution in [2.45, 2.75) is 13.2 Å². The zero-order valence-corrected chi connectivity index (χ0v) is 4.35. The van der Waals surface area contributed by atoms with Gasteiger partial charge in [0.05, 0.1) is 7.85 Å². The first-order valence-electron chi connectivity index (χ1n) is 2.15. The molecule has 0 fully saturated rings. The van der Waals surface area contributed by atoms with Crippen LogP contribution in [0.4, 0.5) is 0 Å². The molecule has 0 aromatic rings. The first kappa shape index (κ1) is 6.47. The molecule has 0 aliphatic heterocycles. The average Bonchev–Trinajstić information content (AvgIpc) is 1.72. The minimum atomic E-state index is 0.347. The van der Waals surface area contributed by atoms with E-state index in [2.05, 4.69) is 0 Å². The molecule has 0 aliphatic rings. The van der Waals surface area contributed by atoms with Gasteiger partial charge in [-0.1, -0.05) is 12.4 Å². The highest BCUT2D eigenvalue weighted by molar-refractivity contribution is 6.12. The number of rotatable bonds is 2. The number of aldehydes is 1. The number of hydrogen-bond donors (Lipinski definition) is 0. The highest BCUT2D eigenvalue weighted by Gasteiger charge is 1.82. The summed E-state index contributed by atoms with van der Waals surface area (Å²) in [6.45, 7) is 1.79. The molecule has 2 radical (unpaired) electrons. The molecule has 0 rings (SSSR count). The van der Waals surface area contributed by atoms with E-state index >= 15 is 0 Å². The summed E-state index contributed by atoms with van der Waals surface area (Å²) in [6.07, 6.45) is 2.81. The van der Waals surface area contributed by atoms with Crippen LogP contribution in [0.2, 0.25) is 6.32 Å². The monoisotopic (exact) mass is 94.1 g/mol. The van der Waals surface area contributed by atoms with Crippen molar-refractivity contribution in [1.29, 1.82) is 0 Å². The topological polar surface area (TPSA) is 17.1 Å². The molecule has 0 aromatic carbocycles. The van der Waals surface area contributed by atoms with E-state index in [1.54, 1.807) is 13.0 Å². The Morgan fingerprint density at radius 2 is 2.43 bits per heavy atom. The Kier molecular flexibility index (Phi) is 3.38. The van der Waals surface area contributed by atoms with Gasteiger partial charge in [0, 0.05) is 0 Å². The third-order valence-corrected chi connectivity index (χ3v) is 0.758. The van der Waals surface area contributed by atoms with Crippen LogP contribution >= 0.6 is 0 Å². The van der Waals surface area contributed by atoms with Crippen LogP contribution in [0.25, 0.3) is 0 Å². The van der Waals surface area contributed by atoms with E-state index in [1.165, 1.54) is 0 Å². The number of allylic oxidation sites excluding steroid dienone is 2. The fourth-order valence-corrected chi connectivity index (χ4v) is 0.234. The van der Waals surface area contributed by atoms with Gasteiger partial charge in [0.25, 0.3) is 0 Å². The third-order valence-electron chi connectivity index (χ3n) is 0.758. The van der Waals surface area contributed by atoms with Crippen molar-refractivity contribution < 1.29 is 4.79 Å². The Labute approximate surface area is 44.8 Å². The lowest BCUT2D eigenvalue weighted by atomic mass is 9.98. The molecule has 0 saturated heterocycles. The molecule has 0 amide bonds. The number of carbonyl (C=O) groups is 1. The van der Waals surface area contributed by atoms with Crippen LogP contribution in [0.5, 0.6) is 0 Å². The van der Waals surface area contributed by atoms with Crippen molar-refractivity contribution >= 4 is 14.1 Å². The maximum Gasteiger partial charge on any atom is 0.144 e. The fraction of sp³-hybridized carbons (Fsp3) is 0.400. The van der Waals surface area contributed by atoms with E-state index in [0.29, 0.717) is 11.9 Å². The van der Waals surface area contributed by atoms with Crippen LogP contribution < -0.4 is 0 Å². The smallest absolute Gasteiger partial charge is 0.144 e. The molecule has 0 aliphatic carbocycles. The minimum absolute atomic E-state index is 0.347. The lowest BCUT2D eigenvalue weighted by molar-refractivity contribution is -0.104. The SMILES string of the molecule is [B]C/C(C=O)=C\C. The van der Waals surface area contributed by atoms with Crippen molar-refractivity contribution in [1.82, 2.24) is 0 Å². The van der Waals surface area contributed by atoms with Gasteiger partial charge in [-0.2, -0.15) is 0 Å². The van der Waals surface area contributed by atoms with Gasteiger partial charge in [-0.15, -0.1) is 0 Å².